The van der Waals surface area contributed by atoms with E-state index in [2.05, 4.69) is 10.3 Å². The Kier molecular flexibility index (Phi) is 5.71. The van der Waals surface area contributed by atoms with Crippen molar-refractivity contribution in [2.24, 2.45) is 0 Å². The Balaban J connectivity index is 2.05. The van der Waals surface area contributed by atoms with Crippen LogP contribution in [-0.4, -0.2) is 29.2 Å². The number of amides is 1. The van der Waals surface area contributed by atoms with Gasteiger partial charge in [-0.15, -0.1) is 0 Å². The zero-order chi connectivity index (χ0) is 19.4. The predicted octanol–water partition coefficient (Wildman–Crippen LogP) is 3.75. The van der Waals surface area contributed by atoms with Crippen molar-refractivity contribution in [2.45, 2.75) is 19.4 Å². The lowest BCUT2D eigenvalue weighted by Gasteiger charge is -2.15. The minimum Gasteiger partial charge on any atom is -0.399 e. The summed E-state index contributed by atoms with van der Waals surface area (Å²) in [6.07, 6.45) is 2.08. The van der Waals surface area contributed by atoms with Crippen LogP contribution in [0.5, 0.6) is 0 Å². The number of H-pyrrole nitrogens is 1. The summed E-state index contributed by atoms with van der Waals surface area (Å²) >= 11 is 0.959. The molecule has 1 unspecified atom stereocenters. The number of fused-ring (bicyclic) bond motifs is 1. The van der Waals surface area contributed by atoms with Crippen molar-refractivity contribution in [3.05, 3.63) is 54.2 Å². The van der Waals surface area contributed by atoms with E-state index in [1.54, 1.807) is 12.3 Å². The zero-order valence-corrected chi connectivity index (χ0v) is 15.9. The third-order valence-corrected chi connectivity index (χ3v) is 4.61. The lowest BCUT2D eigenvalue weighted by Crippen LogP contribution is -2.41. The summed E-state index contributed by atoms with van der Waals surface area (Å²) in [4.78, 5) is 28.2. The molecule has 6 nitrogen and oxygen atoms in total. The lowest BCUT2D eigenvalue weighted by atomic mass is 10.0. The number of aromatic nitrogens is 1. The van der Waals surface area contributed by atoms with Gasteiger partial charge < -0.3 is 20.2 Å². The summed E-state index contributed by atoms with van der Waals surface area (Å²) in [6, 6.07) is 14.3. The Hall–Kier alpha value is -2.93. The number of nitrogens with two attached hydrogens (primary N) is 1. The quantitative estimate of drug-likeness (QED) is 0.445. The molecule has 0 fully saturated rings. The van der Waals surface area contributed by atoms with E-state index in [0.29, 0.717) is 17.8 Å². The second-order valence-electron chi connectivity index (χ2n) is 6.05. The first-order chi connectivity index (χ1) is 13.0. The van der Waals surface area contributed by atoms with E-state index in [0.717, 1.165) is 34.1 Å². The molecule has 0 bridgehead atoms. The van der Waals surface area contributed by atoms with Crippen LogP contribution in [-0.2, 0) is 8.98 Å². The van der Waals surface area contributed by atoms with Gasteiger partial charge in [0.15, 0.2) is 0 Å². The standard InChI is InChI=1S/C20H21N3O3S/c1-3-15(20(25)26-27-2)23-19(24)18-17(12-7-5-4-6-8-12)14-11-13(21)9-10-16(14)22-18/h4-11,15,22H,3,21H2,1-2H3,(H,23,24). The summed E-state index contributed by atoms with van der Waals surface area (Å²) in [5.41, 5.74) is 9.39. The maximum Gasteiger partial charge on any atom is 0.340 e. The molecule has 0 saturated carbocycles. The lowest BCUT2D eigenvalue weighted by molar-refractivity contribution is -0.135. The van der Waals surface area contributed by atoms with E-state index < -0.39 is 12.0 Å². The summed E-state index contributed by atoms with van der Waals surface area (Å²) < 4.78 is 4.96. The average molecular weight is 383 g/mol. The molecule has 140 valence electrons. The van der Waals surface area contributed by atoms with Crippen LogP contribution >= 0.6 is 12.0 Å². The SMILES string of the molecule is CCC(NC(=O)c1[nH]c2ccc(N)cc2c1-c1ccccc1)C(=O)OSC. The number of nitrogens with one attached hydrogen (secondary N) is 2. The molecule has 1 aromatic heterocycles. The Morgan fingerprint density at radius 3 is 2.63 bits per heavy atom. The number of hydrogen-bond donors (Lipinski definition) is 3. The highest BCUT2D eigenvalue weighted by atomic mass is 32.2. The molecular weight excluding hydrogens is 362 g/mol. The molecule has 7 heteroatoms. The van der Waals surface area contributed by atoms with Crippen LogP contribution in [0.2, 0.25) is 0 Å². The largest absolute Gasteiger partial charge is 0.399 e. The van der Waals surface area contributed by atoms with E-state index in [1.165, 1.54) is 0 Å². The third kappa shape index (κ3) is 3.93. The van der Waals surface area contributed by atoms with E-state index in [1.807, 2.05) is 49.4 Å². The highest BCUT2D eigenvalue weighted by Gasteiger charge is 2.25. The first-order valence-electron chi connectivity index (χ1n) is 8.57. The van der Waals surface area contributed by atoms with Crippen molar-refractivity contribution in [3.8, 4) is 11.1 Å². The molecule has 1 heterocycles. The van der Waals surface area contributed by atoms with Crippen LogP contribution in [0.1, 0.15) is 23.8 Å². The highest BCUT2D eigenvalue weighted by molar-refractivity contribution is 7.94. The van der Waals surface area contributed by atoms with Gasteiger partial charge >= 0.3 is 5.97 Å². The summed E-state index contributed by atoms with van der Waals surface area (Å²) in [5, 5.41) is 3.62. The topological polar surface area (TPSA) is 97.2 Å². The molecule has 3 rings (SSSR count). The van der Waals surface area contributed by atoms with Gasteiger partial charge in [-0.3, -0.25) is 4.79 Å². The fourth-order valence-electron chi connectivity index (χ4n) is 2.98. The van der Waals surface area contributed by atoms with Crippen LogP contribution in [0.15, 0.2) is 48.5 Å². The van der Waals surface area contributed by atoms with Gasteiger partial charge in [0, 0.05) is 28.4 Å². The molecule has 0 aliphatic rings. The van der Waals surface area contributed by atoms with Gasteiger partial charge in [-0.25, -0.2) is 4.79 Å². The predicted molar refractivity (Wildman–Crippen MR) is 109 cm³/mol. The minimum atomic E-state index is -0.718. The van der Waals surface area contributed by atoms with Crippen molar-refractivity contribution >= 4 is 40.5 Å². The zero-order valence-electron chi connectivity index (χ0n) is 15.1. The number of hydrogen-bond acceptors (Lipinski definition) is 5. The minimum absolute atomic E-state index is 0.367. The van der Waals surface area contributed by atoms with E-state index >= 15 is 0 Å². The monoisotopic (exact) mass is 383 g/mol. The van der Waals surface area contributed by atoms with Crippen molar-refractivity contribution in [2.75, 3.05) is 12.0 Å². The Labute approximate surface area is 161 Å². The Morgan fingerprint density at radius 1 is 1.22 bits per heavy atom. The van der Waals surface area contributed by atoms with Gasteiger partial charge in [-0.05, 0) is 30.2 Å². The Bertz CT molecular complexity index is 969. The van der Waals surface area contributed by atoms with E-state index in [9.17, 15) is 9.59 Å². The molecule has 1 amide bonds. The van der Waals surface area contributed by atoms with Crippen LogP contribution < -0.4 is 11.1 Å². The van der Waals surface area contributed by atoms with Gasteiger partial charge in [0.25, 0.3) is 5.91 Å². The molecule has 4 N–H and O–H groups in total. The molecule has 2 aromatic carbocycles. The maximum atomic E-state index is 13.0. The number of nitrogen functional groups attached to an aromatic ring is 1. The smallest absolute Gasteiger partial charge is 0.340 e. The van der Waals surface area contributed by atoms with E-state index in [-0.39, 0.29) is 5.91 Å². The average Bonchev–Trinajstić information content (AvgIpc) is 3.05. The van der Waals surface area contributed by atoms with Crippen molar-refractivity contribution < 1.29 is 13.8 Å². The molecule has 3 aromatic rings. The van der Waals surface area contributed by atoms with Crippen LogP contribution in [0.3, 0.4) is 0 Å². The fourth-order valence-corrected chi connectivity index (χ4v) is 3.26. The normalized spacial score (nSPS) is 11.9. The number of aromatic amines is 1. The molecule has 0 aliphatic heterocycles. The molecule has 0 saturated heterocycles. The van der Waals surface area contributed by atoms with Gasteiger partial charge in [0.05, 0.1) is 12.0 Å². The molecular formula is C20H21N3O3S. The summed E-state index contributed by atoms with van der Waals surface area (Å²) in [7, 11) is 0. The second kappa shape index (κ2) is 8.18. The summed E-state index contributed by atoms with van der Waals surface area (Å²) in [6.45, 7) is 1.82. The summed E-state index contributed by atoms with van der Waals surface area (Å²) in [5.74, 6) is -0.839. The Morgan fingerprint density at radius 2 is 1.96 bits per heavy atom. The number of anilines is 1. The third-order valence-electron chi connectivity index (χ3n) is 4.28. The van der Waals surface area contributed by atoms with Gasteiger partial charge in [0.2, 0.25) is 0 Å². The van der Waals surface area contributed by atoms with Crippen molar-refractivity contribution in [1.82, 2.24) is 10.3 Å². The molecule has 0 spiro atoms. The molecule has 0 aliphatic carbocycles. The number of benzene rings is 2. The fraction of sp³-hybridized carbons (Fsp3) is 0.200. The van der Waals surface area contributed by atoms with Crippen LogP contribution in [0.25, 0.3) is 22.0 Å². The molecule has 27 heavy (non-hydrogen) atoms. The molecule has 1 atom stereocenters. The number of carbonyl (C=O) groups excluding carboxylic acids is 2. The van der Waals surface area contributed by atoms with E-state index in [4.69, 9.17) is 9.92 Å². The number of carbonyl (C=O) groups is 2. The first kappa shape index (κ1) is 18.8. The van der Waals surface area contributed by atoms with Crippen LogP contribution in [0.4, 0.5) is 5.69 Å². The van der Waals surface area contributed by atoms with Gasteiger partial charge in [-0.1, -0.05) is 37.3 Å². The van der Waals surface area contributed by atoms with Crippen LogP contribution in [0, 0.1) is 0 Å². The second-order valence-corrected chi connectivity index (χ2v) is 6.55. The number of rotatable bonds is 6. The van der Waals surface area contributed by atoms with Gasteiger partial charge in [-0.2, -0.15) is 0 Å². The van der Waals surface area contributed by atoms with Gasteiger partial charge in [0.1, 0.15) is 11.7 Å². The van der Waals surface area contributed by atoms with Crippen molar-refractivity contribution in [3.63, 3.8) is 0 Å². The first-order valence-corrected chi connectivity index (χ1v) is 9.72. The maximum absolute atomic E-state index is 13.0. The highest BCUT2D eigenvalue weighted by Crippen LogP contribution is 2.33. The molecule has 0 radical (unpaired) electrons. The van der Waals surface area contributed by atoms with Crippen molar-refractivity contribution in [1.29, 1.82) is 0 Å².